The van der Waals surface area contributed by atoms with Gasteiger partial charge < -0.3 is 0 Å². The van der Waals surface area contributed by atoms with Crippen LogP contribution in [-0.4, -0.2) is 6.17 Å². The minimum Gasteiger partial charge on any atom is -0.247 e. The van der Waals surface area contributed by atoms with Gasteiger partial charge in [0.25, 0.3) is 0 Å². The molecule has 1 heteroatoms. The summed E-state index contributed by atoms with van der Waals surface area (Å²) in [6.45, 7) is 8.29. The average molecular weight is 198 g/mol. The third-order valence-electron chi connectivity index (χ3n) is 3.60. The van der Waals surface area contributed by atoms with Gasteiger partial charge in [-0.05, 0) is 43.9 Å². The van der Waals surface area contributed by atoms with Crippen LogP contribution in [0.25, 0.3) is 0 Å². The smallest absolute Gasteiger partial charge is 0.103 e. The van der Waals surface area contributed by atoms with Gasteiger partial charge in [-0.3, -0.25) is 0 Å². The first-order valence-corrected chi connectivity index (χ1v) is 5.81. The summed E-state index contributed by atoms with van der Waals surface area (Å²) >= 11 is 0. The van der Waals surface area contributed by atoms with Crippen LogP contribution in [0.15, 0.2) is 11.6 Å². The highest BCUT2D eigenvalue weighted by molar-refractivity contribution is 5.15. The molecule has 0 heterocycles. The summed E-state index contributed by atoms with van der Waals surface area (Å²) in [7, 11) is 0. The third-order valence-corrected chi connectivity index (χ3v) is 3.60. The Morgan fingerprint density at radius 1 is 1.50 bits per heavy atom. The molecular formula is C13H23F. The van der Waals surface area contributed by atoms with E-state index in [4.69, 9.17) is 0 Å². The highest BCUT2D eigenvalue weighted by Gasteiger charge is 2.33. The molecule has 0 amide bonds. The van der Waals surface area contributed by atoms with Crippen LogP contribution in [0.2, 0.25) is 0 Å². The largest absolute Gasteiger partial charge is 0.247 e. The maximum Gasteiger partial charge on any atom is 0.103 e. The van der Waals surface area contributed by atoms with Gasteiger partial charge in [-0.1, -0.05) is 32.4 Å². The van der Waals surface area contributed by atoms with E-state index in [-0.39, 0.29) is 11.3 Å². The Bertz CT molecular complexity index is 217. The Balaban J connectivity index is 2.64. The van der Waals surface area contributed by atoms with Crippen molar-refractivity contribution in [2.24, 2.45) is 11.3 Å². The molecule has 0 unspecified atom stereocenters. The van der Waals surface area contributed by atoms with Crippen molar-refractivity contribution in [1.82, 2.24) is 0 Å². The highest BCUT2D eigenvalue weighted by Crippen LogP contribution is 2.43. The normalized spacial score (nSPS) is 29.4. The monoisotopic (exact) mass is 198 g/mol. The SMILES string of the molecule is CC[C@]1(C[C@H](F)C(C)C)C=C(C)CC1. The molecule has 82 valence electrons. The lowest BCUT2D eigenvalue weighted by atomic mass is 9.78. The van der Waals surface area contributed by atoms with Crippen molar-refractivity contribution in [2.75, 3.05) is 0 Å². The quantitative estimate of drug-likeness (QED) is 0.583. The molecule has 0 aliphatic heterocycles. The van der Waals surface area contributed by atoms with Crippen molar-refractivity contribution >= 4 is 0 Å². The second-order valence-corrected chi connectivity index (χ2v) is 5.17. The zero-order chi connectivity index (χ0) is 10.8. The Morgan fingerprint density at radius 3 is 2.50 bits per heavy atom. The Hall–Kier alpha value is -0.330. The van der Waals surface area contributed by atoms with Crippen LogP contribution in [0.1, 0.15) is 53.4 Å². The van der Waals surface area contributed by atoms with E-state index in [9.17, 15) is 4.39 Å². The van der Waals surface area contributed by atoms with Gasteiger partial charge in [0.1, 0.15) is 6.17 Å². The van der Waals surface area contributed by atoms with E-state index in [1.54, 1.807) is 0 Å². The second kappa shape index (κ2) is 4.46. The molecule has 0 aromatic rings. The zero-order valence-electron chi connectivity index (χ0n) is 9.94. The summed E-state index contributed by atoms with van der Waals surface area (Å²) < 4.78 is 13.7. The molecule has 0 fully saturated rings. The molecule has 0 aromatic heterocycles. The summed E-state index contributed by atoms with van der Waals surface area (Å²) in [4.78, 5) is 0. The minimum atomic E-state index is -0.642. The van der Waals surface area contributed by atoms with Crippen LogP contribution in [0.4, 0.5) is 4.39 Å². The molecule has 0 N–H and O–H groups in total. The van der Waals surface area contributed by atoms with E-state index in [2.05, 4.69) is 19.9 Å². The van der Waals surface area contributed by atoms with Gasteiger partial charge in [0.15, 0.2) is 0 Å². The number of rotatable bonds is 4. The number of hydrogen-bond donors (Lipinski definition) is 0. The van der Waals surface area contributed by atoms with Crippen LogP contribution in [0, 0.1) is 11.3 Å². The molecule has 1 aliphatic carbocycles. The Morgan fingerprint density at radius 2 is 2.14 bits per heavy atom. The number of hydrogen-bond acceptors (Lipinski definition) is 0. The fraction of sp³-hybridized carbons (Fsp3) is 0.846. The van der Waals surface area contributed by atoms with Gasteiger partial charge in [0.05, 0.1) is 0 Å². The van der Waals surface area contributed by atoms with Crippen LogP contribution in [0.3, 0.4) is 0 Å². The first kappa shape index (κ1) is 11.7. The van der Waals surface area contributed by atoms with Crippen molar-refractivity contribution in [3.05, 3.63) is 11.6 Å². The topological polar surface area (TPSA) is 0 Å². The fourth-order valence-corrected chi connectivity index (χ4v) is 2.32. The molecule has 0 nitrogen and oxygen atoms in total. The molecule has 0 spiro atoms. The average Bonchev–Trinajstić information content (AvgIpc) is 2.48. The molecule has 2 atom stereocenters. The molecule has 0 radical (unpaired) electrons. The number of alkyl halides is 1. The van der Waals surface area contributed by atoms with Gasteiger partial charge in [-0.25, -0.2) is 4.39 Å². The van der Waals surface area contributed by atoms with Gasteiger partial charge >= 0.3 is 0 Å². The van der Waals surface area contributed by atoms with Crippen LogP contribution >= 0.6 is 0 Å². The lowest BCUT2D eigenvalue weighted by Crippen LogP contribution is -2.23. The van der Waals surface area contributed by atoms with Gasteiger partial charge in [0, 0.05) is 0 Å². The van der Waals surface area contributed by atoms with E-state index < -0.39 is 6.17 Å². The van der Waals surface area contributed by atoms with Gasteiger partial charge in [0.2, 0.25) is 0 Å². The lowest BCUT2D eigenvalue weighted by Gasteiger charge is -2.28. The summed E-state index contributed by atoms with van der Waals surface area (Å²) in [5, 5.41) is 0. The molecular weight excluding hydrogens is 175 g/mol. The van der Waals surface area contributed by atoms with Crippen LogP contribution in [-0.2, 0) is 0 Å². The highest BCUT2D eigenvalue weighted by atomic mass is 19.1. The molecule has 0 saturated heterocycles. The molecule has 0 bridgehead atoms. The first-order valence-electron chi connectivity index (χ1n) is 5.81. The van der Waals surface area contributed by atoms with E-state index in [1.807, 2.05) is 13.8 Å². The first-order chi connectivity index (χ1) is 6.49. The molecule has 1 aliphatic rings. The Kier molecular flexibility index (Phi) is 3.74. The third kappa shape index (κ3) is 2.59. The lowest BCUT2D eigenvalue weighted by molar-refractivity contribution is 0.166. The summed E-state index contributed by atoms with van der Waals surface area (Å²) in [5.74, 6) is 0.160. The molecule has 1 rings (SSSR count). The number of allylic oxidation sites excluding steroid dienone is 2. The molecule has 0 saturated carbocycles. The van der Waals surface area contributed by atoms with Crippen molar-refractivity contribution in [3.63, 3.8) is 0 Å². The van der Waals surface area contributed by atoms with E-state index in [0.29, 0.717) is 0 Å². The van der Waals surface area contributed by atoms with Crippen molar-refractivity contribution in [2.45, 2.75) is 59.5 Å². The minimum absolute atomic E-state index is 0.160. The van der Waals surface area contributed by atoms with Crippen molar-refractivity contribution in [1.29, 1.82) is 0 Å². The summed E-state index contributed by atoms with van der Waals surface area (Å²) in [5.41, 5.74) is 1.62. The van der Waals surface area contributed by atoms with Crippen molar-refractivity contribution in [3.8, 4) is 0 Å². The zero-order valence-corrected chi connectivity index (χ0v) is 9.94. The summed E-state index contributed by atoms with van der Waals surface area (Å²) in [6, 6.07) is 0. The second-order valence-electron chi connectivity index (χ2n) is 5.17. The van der Waals surface area contributed by atoms with Gasteiger partial charge in [-0.15, -0.1) is 0 Å². The predicted molar refractivity (Wildman–Crippen MR) is 60.1 cm³/mol. The summed E-state index contributed by atoms with van der Waals surface area (Å²) in [6.07, 6.45) is 5.80. The molecule has 0 aromatic carbocycles. The van der Waals surface area contributed by atoms with Crippen LogP contribution in [0.5, 0.6) is 0 Å². The number of halogens is 1. The maximum absolute atomic E-state index is 13.7. The fourth-order valence-electron chi connectivity index (χ4n) is 2.32. The predicted octanol–water partition coefficient (Wildman–Crippen LogP) is 4.51. The van der Waals surface area contributed by atoms with E-state index >= 15 is 0 Å². The van der Waals surface area contributed by atoms with E-state index in [0.717, 1.165) is 19.3 Å². The maximum atomic E-state index is 13.7. The Labute approximate surface area is 87.6 Å². The van der Waals surface area contributed by atoms with E-state index in [1.165, 1.54) is 12.0 Å². The van der Waals surface area contributed by atoms with Crippen molar-refractivity contribution < 1.29 is 4.39 Å². The van der Waals surface area contributed by atoms with Crippen LogP contribution < -0.4 is 0 Å². The standard InChI is InChI=1S/C13H23F/c1-5-13(7-6-11(4)8-13)9-12(14)10(2)3/h8,10,12H,5-7,9H2,1-4H3/t12-,13+/m0/s1. The van der Waals surface area contributed by atoms with Gasteiger partial charge in [-0.2, -0.15) is 0 Å². The molecule has 14 heavy (non-hydrogen) atoms.